The van der Waals surface area contributed by atoms with Crippen LogP contribution in [0.1, 0.15) is 47.9 Å². The van der Waals surface area contributed by atoms with Gasteiger partial charge < -0.3 is 19.9 Å². The van der Waals surface area contributed by atoms with E-state index in [1.54, 1.807) is 21.1 Å². The molecule has 1 unspecified atom stereocenters. The summed E-state index contributed by atoms with van der Waals surface area (Å²) in [7, 11) is 0. The number of anilines is 1. The Balaban J connectivity index is 1.38. The summed E-state index contributed by atoms with van der Waals surface area (Å²) in [4.78, 5) is 38.5. The van der Waals surface area contributed by atoms with Crippen molar-refractivity contribution in [1.29, 1.82) is 0 Å². The number of nitrogens with one attached hydrogen (secondary N) is 1. The predicted molar refractivity (Wildman–Crippen MR) is 124 cm³/mol. The van der Waals surface area contributed by atoms with Crippen molar-refractivity contribution in [1.82, 2.24) is 30.1 Å². The van der Waals surface area contributed by atoms with Gasteiger partial charge in [-0.05, 0) is 42.7 Å². The number of aryl methyl sites for hydroxylation is 2. The van der Waals surface area contributed by atoms with Crippen LogP contribution in [0.5, 0.6) is 0 Å². The van der Waals surface area contributed by atoms with Gasteiger partial charge >= 0.3 is 5.97 Å². The first-order valence-electron chi connectivity index (χ1n) is 11.3. The number of carbonyl (C=O) groups is 2. The number of benzene rings is 1. The lowest BCUT2D eigenvalue weighted by Gasteiger charge is -2.23. The average Bonchev–Trinajstić information content (AvgIpc) is 3.42. The summed E-state index contributed by atoms with van der Waals surface area (Å²) in [6, 6.07) is 0.884. The number of fused-ring (bicyclic) bond motifs is 1. The van der Waals surface area contributed by atoms with Gasteiger partial charge in [0.05, 0.1) is 28.2 Å². The third-order valence-electron chi connectivity index (χ3n) is 6.49. The second-order valence-electron chi connectivity index (χ2n) is 8.93. The Kier molecular flexibility index (Phi) is 5.91. The van der Waals surface area contributed by atoms with Gasteiger partial charge in [0.1, 0.15) is 17.2 Å². The molecule has 1 atom stereocenters. The van der Waals surface area contributed by atoms with Crippen LogP contribution < -0.4 is 15.6 Å². The van der Waals surface area contributed by atoms with Crippen molar-refractivity contribution in [2.75, 3.05) is 18.0 Å². The van der Waals surface area contributed by atoms with E-state index in [9.17, 15) is 19.5 Å². The van der Waals surface area contributed by atoms with Gasteiger partial charge in [0.15, 0.2) is 0 Å². The van der Waals surface area contributed by atoms with Crippen molar-refractivity contribution >= 4 is 40.1 Å². The lowest BCUT2D eigenvalue weighted by Crippen LogP contribution is -2.37. The van der Waals surface area contributed by atoms with Gasteiger partial charge in [0.2, 0.25) is 11.3 Å². The van der Waals surface area contributed by atoms with Gasteiger partial charge in [-0.15, -0.1) is 5.10 Å². The number of rotatable bonds is 7. The number of carboxylic acid groups (broad SMARTS) is 1. The van der Waals surface area contributed by atoms with Gasteiger partial charge in [0, 0.05) is 37.8 Å². The molecule has 5 rings (SSSR count). The molecular formula is C22H23ClFN7O4. The first-order chi connectivity index (χ1) is 16.7. The molecule has 2 fully saturated rings. The number of aromatic carboxylic acids is 1. The minimum atomic E-state index is -1.36. The van der Waals surface area contributed by atoms with Crippen molar-refractivity contribution in [2.45, 2.75) is 51.2 Å². The lowest BCUT2D eigenvalue weighted by molar-refractivity contribution is -0.121. The number of carbonyl (C=O) groups excluding carboxylic acids is 1. The number of carboxylic acids is 1. The first kappa shape index (κ1) is 23.2. The molecule has 0 spiro atoms. The minimum Gasteiger partial charge on any atom is -0.477 e. The van der Waals surface area contributed by atoms with E-state index < -0.39 is 22.8 Å². The highest BCUT2D eigenvalue weighted by Crippen LogP contribution is 2.42. The van der Waals surface area contributed by atoms with Crippen molar-refractivity contribution in [2.24, 2.45) is 0 Å². The fraction of sp³-hybridized carbons (Fsp3) is 0.455. The number of nitrogens with zero attached hydrogens (tertiary/aromatic N) is 6. The van der Waals surface area contributed by atoms with Crippen LogP contribution in [0.3, 0.4) is 0 Å². The van der Waals surface area contributed by atoms with Gasteiger partial charge in [-0.3, -0.25) is 9.59 Å². The number of hydrogen-bond acceptors (Lipinski definition) is 7. The SMILES string of the molecule is Cc1nnnn1CCC(=O)NC1CCN(c2c(F)cc3c(=O)c(C(=O)O)cn(C4CC4)c3c2Cl)C1. The summed E-state index contributed by atoms with van der Waals surface area (Å²) in [5.41, 5.74) is -0.684. The standard InChI is InChI=1S/C22H23ClFN7O4/c1-11-26-27-28-31(11)7-5-17(32)25-12-4-6-29(9-12)20-16(24)8-14-19(18(20)23)30(13-2-3-13)10-15(21(14)33)22(34)35/h8,10,12-13H,2-7,9H2,1H3,(H,25,32)(H,34,35). The summed E-state index contributed by atoms with van der Waals surface area (Å²) < 4.78 is 18.5. The van der Waals surface area contributed by atoms with E-state index in [1.165, 1.54) is 6.20 Å². The molecule has 3 heterocycles. The fourth-order valence-electron chi connectivity index (χ4n) is 4.56. The molecule has 2 N–H and O–H groups in total. The number of halogens is 2. The van der Waals surface area contributed by atoms with E-state index in [0.29, 0.717) is 37.4 Å². The molecule has 0 bridgehead atoms. The second-order valence-corrected chi connectivity index (χ2v) is 9.31. The summed E-state index contributed by atoms with van der Waals surface area (Å²) in [5.74, 6) is -1.61. The molecule has 1 amide bonds. The molecule has 2 aliphatic rings. The lowest BCUT2D eigenvalue weighted by atomic mass is 10.1. The number of aromatic nitrogens is 5. The Bertz CT molecular complexity index is 1400. The van der Waals surface area contributed by atoms with E-state index in [4.69, 9.17) is 11.6 Å². The van der Waals surface area contributed by atoms with Crippen LogP contribution in [0.25, 0.3) is 10.9 Å². The van der Waals surface area contributed by atoms with Crippen LogP contribution >= 0.6 is 11.6 Å². The summed E-state index contributed by atoms with van der Waals surface area (Å²) in [5, 5.41) is 23.6. The highest BCUT2D eigenvalue weighted by atomic mass is 35.5. The maximum absolute atomic E-state index is 15.3. The monoisotopic (exact) mass is 503 g/mol. The molecule has 184 valence electrons. The van der Waals surface area contributed by atoms with E-state index in [0.717, 1.165) is 18.9 Å². The van der Waals surface area contributed by atoms with E-state index >= 15 is 4.39 Å². The zero-order valence-corrected chi connectivity index (χ0v) is 19.6. The smallest absolute Gasteiger partial charge is 0.341 e. The zero-order chi connectivity index (χ0) is 24.9. The fourth-order valence-corrected chi connectivity index (χ4v) is 4.97. The molecule has 13 heteroatoms. The molecule has 1 aliphatic heterocycles. The van der Waals surface area contributed by atoms with Crippen LogP contribution in [0, 0.1) is 12.7 Å². The first-order valence-corrected chi connectivity index (χ1v) is 11.7. The van der Waals surface area contributed by atoms with Gasteiger partial charge in [-0.2, -0.15) is 0 Å². The Morgan fingerprint density at radius 1 is 1.31 bits per heavy atom. The molecular weight excluding hydrogens is 481 g/mol. The third kappa shape index (κ3) is 4.33. The van der Waals surface area contributed by atoms with Crippen molar-refractivity contribution < 1.29 is 19.1 Å². The van der Waals surface area contributed by atoms with Crippen LogP contribution in [-0.2, 0) is 11.3 Å². The molecule has 1 saturated carbocycles. The molecule has 3 aromatic rings. The number of pyridine rings is 1. The highest BCUT2D eigenvalue weighted by Gasteiger charge is 2.32. The average molecular weight is 504 g/mol. The molecule has 11 nitrogen and oxygen atoms in total. The van der Waals surface area contributed by atoms with E-state index in [2.05, 4.69) is 20.8 Å². The van der Waals surface area contributed by atoms with Crippen LogP contribution in [0.4, 0.5) is 10.1 Å². The number of amides is 1. The molecule has 1 aromatic carbocycles. The number of hydrogen-bond donors (Lipinski definition) is 2. The topological polar surface area (TPSA) is 135 Å². The third-order valence-corrected chi connectivity index (χ3v) is 6.84. The zero-order valence-electron chi connectivity index (χ0n) is 18.9. The molecule has 1 saturated heterocycles. The van der Waals surface area contributed by atoms with Crippen molar-refractivity contribution in [3.05, 3.63) is 44.7 Å². The Morgan fingerprint density at radius 2 is 2.09 bits per heavy atom. The Labute approximate surface area is 203 Å². The highest BCUT2D eigenvalue weighted by molar-refractivity contribution is 6.38. The Hall–Kier alpha value is -3.54. The van der Waals surface area contributed by atoms with Crippen LogP contribution in [-0.4, -0.2) is 60.9 Å². The normalized spacial score (nSPS) is 17.8. The molecule has 0 radical (unpaired) electrons. The van der Waals surface area contributed by atoms with Gasteiger partial charge in [-0.1, -0.05) is 11.6 Å². The van der Waals surface area contributed by atoms with Crippen molar-refractivity contribution in [3.63, 3.8) is 0 Å². The summed E-state index contributed by atoms with van der Waals surface area (Å²) in [6.07, 6.45) is 3.74. The molecule has 35 heavy (non-hydrogen) atoms. The summed E-state index contributed by atoms with van der Waals surface area (Å²) in [6.45, 7) is 2.90. The summed E-state index contributed by atoms with van der Waals surface area (Å²) >= 11 is 6.69. The van der Waals surface area contributed by atoms with Crippen LogP contribution in [0.15, 0.2) is 17.1 Å². The van der Waals surface area contributed by atoms with E-state index in [1.807, 2.05) is 0 Å². The maximum atomic E-state index is 15.3. The van der Waals surface area contributed by atoms with Crippen LogP contribution in [0.2, 0.25) is 5.02 Å². The van der Waals surface area contributed by atoms with Crippen molar-refractivity contribution in [3.8, 4) is 0 Å². The largest absolute Gasteiger partial charge is 0.477 e. The van der Waals surface area contributed by atoms with Gasteiger partial charge in [-0.25, -0.2) is 13.9 Å². The second kappa shape index (κ2) is 8.91. The van der Waals surface area contributed by atoms with E-state index in [-0.39, 0.29) is 40.5 Å². The number of tetrazole rings is 1. The Morgan fingerprint density at radius 3 is 2.74 bits per heavy atom. The van der Waals surface area contributed by atoms with Gasteiger partial charge in [0.25, 0.3) is 0 Å². The molecule has 1 aliphatic carbocycles. The molecule has 2 aromatic heterocycles. The minimum absolute atomic E-state index is 0.0152. The maximum Gasteiger partial charge on any atom is 0.341 e. The quantitative estimate of drug-likeness (QED) is 0.499. The predicted octanol–water partition coefficient (Wildman–Crippen LogP) is 1.91.